The highest BCUT2D eigenvalue weighted by molar-refractivity contribution is 6.32. The van der Waals surface area contributed by atoms with Crippen LogP contribution in [-0.2, 0) is 14.4 Å². The van der Waals surface area contributed by atoms with E-state index in [2.05, 4.69) is 16.0 Å². The molecule has 1 aliphatic rings. The zero-order valence-corrected chi connectivity index (χ0v) is 21.9. The van der Waals surface area contributed by atoms with Crippen molar-refractivity contribution in [2.24, 2.45) is 0 Å². The van der Waals surface area contributed by atoms with Gasteiger partial charge in [-0.15, -0.1) is 0 Å². The molecule has 0 unspecified atom stereocenters. The van der Waals surface area contributed by atoms with Gasteiger partial charge in [0, 0.05) is 11.4 Å². The van der Waals surface area contributed by atoms with Crippen LogP contribution in [0, 0.1) is 6.92 Å². The minimum Gasteiger partial charge on any atom is -0.493 e. The number of para-hydroxylation sites is 1. The molecule has 200 valence electrons. The van der Waals surface area contributed by atoms with Crippen LogP contribution in [0.25, 0.3) is 6.08 Å². The molecule has 5 amide bonds. The Bertz CT molecular complexity index is 1440. The Balaban J connectivity index is 1.42. The summed E-state index contributed by atoms with van der Waals surface area (Å²) in [6.07, 6.45) is 1.40. The lowest BCUT2D eigenvalue weighted by atomic mass is 10.1. The standard InChI is InChI=1S/C28H25ClN4O6/c1-17-8-10-20(11-9-17)30-24(34)15-33-27(36)22(32-28(33)37)13-18-12-21(29)26(23(14-18)38-2)39-16-25(35)31-19-6-4-3-5-7-19/h3-14H,15-16H2,1-2H3,(H,30,34)(H,31,35)(H,32,37)/b22-13+. The first kappa shape index (κ1) is 27.2. The summed E-state index contributed by atoms with van der Waals surface area (Å²) < 4.78 is 11.0. The number of aryl methyl sites for hydroxylation is 1. The molecule has 4 rings (SSSR count). The number of nitrogens with zero attached hydrogens (tertiary/aromatic N) is 1. The number of rotatable bonds is 9. The summed E-state index contributed by atoms with van der Waals surface area (Å²) in [5.41, 5.74) is 2.58. The molecule has 1 heterocycles. The Morgan fingerprint density at radius 3 is 2.33 bits per heavy atom. The van der Waals surface area contributed by atoms with Crippen LogP contribution < -0.4 is 25.4 Å². The van der Waals surface area contributed by atoms with E-state index in [0.717, 1.165) is 10.5 Å². The molecule has 0 atom stereocenters. The first-order valence-electron chi connectivity index (χ1n) is 11.8. The van der Waals surface area contributed by atoms with E-state index in [0.29, 0.717) is 16.9 Å². The second-order valence-electron chi connectivity index (χ2n) is 8.53. The van der Waals surface area contributed by atoms with Gasteiger partial charge in [0.2, 0.25) is 5.91 Å². The zero-order valence-electron chi connectivity index (χ0n) is 21.1. The van der Waals surface area contributed by atoms with E-state index < -0.39 is 30.3 Å². The van der Waals surface area contributed by atoms with Gasteiger partial charge in [-0.05, 0) is 55.0 Å². The van der Waals surface area contributed by atoms with Gasteiger partial charge in [0.05, 0.1) is 12.1 Å². The largest absolute Gasteiger partial charge is 0.493 e. The number of imide groups is 1. The summed E-state index contributed by atoms with van der Waals surface area (Å²) in [7, 11) is 1.40. The second-order valence-corrected chi connectivity index (χ2v) is 8.94. The van der Waals surface area contributed by atoms with E-state index in [9.17, 15) is 19.2 Å². The van der Waals surface area contributed by atoms with Crippen LogP contribution in [0.2, 0.25) is 5.02 Å². The minimum atomic E-state index is -0.729. The molecule has 3 aromatic rings. The molecule has 3 N–H and O–H groups in total. The van der Waals surface area contributed by atoms with Crippen LogP contribution in [0.15, 0.2) is 72.4 Å². The summed E-state index contributed by atoms with van der Waals surface area (Å²) in [5, 5.41) is 7.95. The number of carbonyl (C=O) groups excluding carboxylic acids is 4. The van der Waals surface area contributed by atoms with Crippen LogP contribution >= 0.6 is 11.6 Å². The maximum absolute atomic E-state index is 12.8. The molecule has 0 saturated carbocycles. The monoisotopic (exact) mass is 548 g/mol. The normalized spacial score (nSPS) is 13.7. The molecule has 39 heavy (non-hydrogen) atoms. The van der Waals surface area contributed by atoms with E-state index >= 15 is 0 Å². The van der Waals surface area contributed by atoms with Gasteiger partial charge in [-0.2, -0.15) is 0 Å². The van der Waals surface area contributed by atoms with Crippen molar-refractivity contribution in [3.8, 4) is 11.5 Å². The fraction of sp³-hybridized carbons (Fsp3) is 0.143. The number of anilines is 2. The molecule has 0 radical (unpaired) electrons. The first-order valence-corrected chi connectivity index (χ1v) is 12.2. The number of ether oxygens (including phenoxy) is 2. The Hall–Kier alpha value is -4.83. The van der Waals surface area contributed by atoms with Crippen molar-refractivity contribution < 1.29 is 28.7 Å². The maximum Gasteiger partial charge on any atom is 0.329 e. The molecule has 3 aromatic carbocycles. The summed E-state index contributed by atoms with van der Waals surface area (Å²) in [6, 6.07) is 18.3. The van der Waals surface area contributed by atoms with Gasteiger partial charge in [0.25, 0.3) is 11.8 Å². The fourth-order valence-corrected chi connectivity index (χ4v) is 3.96. The summed E-state index contributed by atoms with van der Waals surface area (Å²) >= 11 is 6.39. The van der Waals surface area contributed by atoms with Crippen LogP contribution in [0.5, 0.6) is 11.5 Å². The van der Waals surface area contributed by atoms with E-state index in [4.69, 9.17) is 21.1 Å². The third-order valence-corrected chi connectivity index (χ3v) is 5.85. The lowest BCUT2D eigenvalue weighted by molar-refractivity contribution is -0.127. The van der Waals surface area contributed by atoms with E-state index in [-0.39, 0.29) is 28.8 Å². The average molecular weight is 549 g/mol. The average Bonchev–Trinajstić information content (AvgIpc) is 3.16. The zero-order chi connectivity index (χ0) is 27.9. The third kappa shape index (κ3) is 6.93. The van der Waals surface area contributed by atoms with Crippen molar-refractivity contribution in [3.05, 3.63) is 88.6 Å². The highest BCUT2D eigenvalue weighted by Crippen LogP contribution is 2.37. The SMILES string of the molecule is COc1cc(/C=C2/NC(=O)N(CC(=O)Nc3ccc(C)cc3)C2=O)cc(Cl)c1OCC(=O)Nc1ccccc1. The molecular formula is C28H25ClN4O6. The lowest BCUT2D eigenvalue weighted by Crippen LogP contribution is -2.38. The lowest BCUT2D eigenvalue weighted by Gasteiger charge is -2.13. The molecule has 0 spiro atoms. The summed E-state index contributed by atoms with van der Waals surface area (Å²) in [6.45, 7) is 1.14. The van der Waals surface area contributed by atoms with Crippen molar-refractivity contribution in [1.82, 2.24) is 10.2 Å². The van der Waals surface area contributed by atoms with E-state index in [1.807, 2.05) is 25.1 Å². The Morgan fingerprint density at radius 2 is 1.64 bits per heavy atom. The topological polar surface area (TPSA) is 126 Å². The minimum absolute atomic E-state index is 0.0443. The van der Waals surface area contributed by atoms with Gasteiger partial charge in [-0.3, -0.25) is 14.4 Å². The van der Waals surface area contributed by atoms with Gasteiger partial charge < -0.3 is 25.4 Å². The maximum atomic E-state index is 12.8. The third-order valence-electron chi connectivity index (χ3n) is 5.57. The summed E-state index contributed by atoms with van der Waals surface area (Å²) in [4.78, 5) is 50.7. The Morgan fingerprint density at radius 1 is 0.974 bits per heavy atom. The highest BCUT2D eigenvalue weighted by atomic mass is 35.5. The number of benzene rings is 3. The van der Waals surface area contributed by atoms with Crippen molar-refractivity contribution in [2.75, 3.05) is 30.9 Å². The smallest absolute Gasteiger partial charge is 0.329 e. The van der Waals surface area contributed by atoms with Crippen LogP contribution in [0.3, 0.4) is 0 Å². The molecule has 1 saturated heterocycles. The number of nitrogens with one attached hydrogen (secondary N) is 3. The number of carbonyl (C=O) groups is 4. The van der Waals surface area contributed by atoms with Gasteiger partial charge in [0.15, 0.2) is 18.1 Å². The number of urea groups is 1. The van der Waals surface area contributed by atoms with Gasteiger partial charge in [-0.25, -0.2) is 9.69 Å². The summed E-state index contributed by atoms with van der Waals surface area (Å²) in [5.74, 6) is -1.23. The highest BCUT2D eigenvalue weighted by Gasteiger charge is 2.35. The Kier molecular flexibility index (Phi) is 8.47. The van der Waals surface area contributed by atoms with Gasteiger partial charge in [0.1, 0.15) is 12.2 Å². The van der Waals surface area contributed by atoms with Gasteiger partial charge >= 0.3 is 6.03 Å². The first-order chi connectivity index (χ1) is 18.7. The van der Waals surface area contributed by atoms with Crippen molar-refractivity contribution >= 4 is 52.8 Å². The molecule has 0 aliphatic carbocycles. The van der Waals surface area contributed by atoms with Crippen molar-refractivity contribution in [1.29, 1.82) is 0 Å². The van der Waals surface area contributed by atoms with Crippen molar-refractivity contribution in [3.63, 3.8) is 0 Å². The number of halogens is 1. The quantitative estimate of drug-likeness (QED) is 0.272. The predicted molar refractivity (Wildman–Crippen MR) is 147 cm³/mol. The second kappa shape index (κ2) is 12.1. The van der Waals surface area contributed by atoms with E-state index in [1.165, 1.54) is 25.3 Å². The van der Waals surface area contributed by atoms with E-state index in [1.54, 1.807) is 36.4 Å². The molecule has 10 nitrogen and oxygen atoms in total. The molecule has 1 fully saturated rings. The molecular weight excluding hydrogens is 524 g/mol. The van der Waals surface area contributed by atoms with Crippen molar-refractivity contribution in [2.45, 2.75) is 6.92 Å². The Labute approximate surface area is 229 Å². The number of methoxy groups -OCH3 is 1. The number of hydrogen-bond acceptors (Lipinski definition) is 6. The molecule has 0 bridgehead atoms. The van der Waals surface area contributed by atoms with Crippen LogP contribution in [-0.4, -0.2) is 48.9 Å². The van der Waals surface area contributed by atoms with Crippen LogP contribution in [0.4, 0.5) is 16.2 Å². The number of hydrogen-bond donors (Lipinski definition) is 3. The molecule has 1 aliphatic heterocycles. The molecule has 11 heteroatoms. The fourth-order valence-electron chi connectivity index (χ4n) is 3.68. The predicted octanol–water partition coefficient (Wildman–Crippen LogP) is 4.21. The van der Waals surface area contributed by atoms with Gasteiger partial charge in [-0.1, -0.05) is 47.5 Å². The van der Waals surface area contributed by atoms with Crippen LogP contribution in [0.1, 0.15) is 11.1 Å². The number of amides is 5. The molecule has 0 aromatic heterocycles.